The van der Waals surface area contributed by atoms with E-state index >= 15 is 0 Å². The van der Waals surface area contributed by atoms with Crippen molar-refractivity contribution < 1.29 is 19.7 Å². The maximum atomic E-state index is 12.2. The fourth-order valence-electron chi connectivity index (χ4n) is 2.85. The highest BCUT2D eigenvalue weighted by Crippen LogP contribution is 2.32. The molecule has 1 fully saturated rings. The summed E-state index contributed by atoms with van der Waals surface area (Å²) in [5, 5.41) is 23.2. The third-order valence-corrected chi connectivity index (χ3v) is 4.24. The molecule has 25 heavy (non-hydrogen) atoms. The maximum absolute atomic E-state index is 12.2. The summed E-state index contributed by atoms with van der Waals surface area (Å²) >= 11 is 0. The zero-order valence-electron chi connectivity index (χ0n) is 13.9. The summed E-state index contributed by atoms with van der Waals surface area (Å²) in [6.07, 6.45) is 0.717. The van der Waals surface area contributed by atoms with E-state index in [1.165, 1.54) is 17.2 Å². The smallest absolute Gasteiger partial charge is 0.252 e. The molecule has 0 saturated carbocycles. The summed E-state index contributed by atoms with van der Waals surface area (Å²) in [7, 11) is 0. The zero-order chi connectivity index (χ0) is 18.0. The Bertz CT molecular complexity index is 751. The van der Waals surface area contributed by atoms with Crippen LogP contribution < -0.4 is 11.1 Å². The molecule has 0 spiro atoms. The molecule has 3 heterocycles. The number of hydrogen-bond acceptors (Lipinski definition) is 8. The number of amides is 1. The number of nitrogens with one attached hydrogen (secondary N) is 1. The molecular formula is C15H22N6O4. The van der Waals surface area contributed by atoms with Crippen molar-refractivity contribution in [1.29, 1.82) is 0 Å². The van der Waals surface area contributed by atoms with Gasteiger partial charge in [0.2, 0.25) is 0 Å². The van der Waals surface area contributed by atoms with Crippen molar-refractivity contribution in [1.82, 2.24) is 24.8 Å². The van der Waals surface area contributed by atoms with E-state index in [9.17, 15) is 15.0 Å². The molecule has 1 saturated heterocycles. The number of nitrogens with two attached hydrogens (primary N) is 1. The minimum absolute atomic E-state index is 0.196. The van der Waals surface area contributed by atoms with Crippen molar-refractivity contribution in [3.63, 3.8) is 0 Å². The first-order chi connectivity index (χ1) is 12.0. The van der Waals surface area contributed by atoms with E-state index in [2.05, 4.69) is 27.2 Å². The van der Waals surface area contributed by atoms with Gasteiger partial charge in [-0.3, -0.25) is 9.36 Å². The number of ether oxygens (including phenoxy) is 1. The topological polar surface area (TPSA) is 148 Å². The summed E-state index contributed by atoms with van der Waals surface area (Å²) in [6.45, 7) is 2.57. The number of hydrogen-bond donors (Lipinski definition) is 4. The summed E-state index contributed by atoms with van der Waals surface area (Å²) in [5.74, 6) is -0.259. The number of carbonyl (C=O) groups excluding carboxylic acids is 1. The molecule has 2 aromatic rings. The molecule has 4 atom stereocenters. The van der Waals surface area contributed by atoms with Crippen LogP contribution in [0.3, 0.4) is 0 Å². The Balaban J connectivity index is 1.75. The number of aliphatic hydroxyl groups is 2. The lowest BCUT2D eigenvalue weighted by molar-refractivity contribution is -0.137. The number of aromatic nitrogens is 4. The molecular weight excluding hydrogens is 328 g/mol. The second-order valence-corrected chi connectivity index (χ2v) is 6.01. The highest BCUT2D eigenvalue weighted by molar-refractivity contribution is 5.82. The SMILES string of the molecule is CCCCCNC(=O)[C@H]1O[C@@H](n2cnc3c(N)ncnc32)[C@H](O)[C@@H]1O. The van der Waals surface area contributed by atoms with Gasteiger partial charge in [-0.05, 0) is 6.42 Å². The van der Waals surface area contributed by atoms with E-state index in [1.54, 1.807) is 0 Å². The molecule has 3 rings (SSSR count). The summed E-state index contributed by atoms with van der Waals surface area (Å²) in [5.41, 5.74) is 6.46. The number of nitrogen functional groups attached to an aromatic ring is 1. The van der Waals surface area contributed by atoms with Gasteiger partial charge in [0.15, 0.2) is 23.8 Å². The molecule has 10 nitrogen and oxygen atoms in total. The number of aliphatic hydroxyl groups excluding tert-OH is 2. The molecule has 0 aliphatic carbocycles. The maximum Gasteiger partial charge on any atom is 0.252 e. The minimum Gasteiger partial charge on any atom is -0.387 e. The third-order valence-electron chi connectivity index (χ3n) is 4.24. The number of unbranched alkanes of at least 4 members (excludes halogenated alkanes) is 2. The van der Waals surface area contributed by atoms with Crippen LogP contribution >= 0.6 is 0 Å². The van der Waals surface area contributed by atoms with Crippen LogP contribution in [-0.2, 0) is 9.53 Å². The molecule has 5 N–H and O–H groups in total. The van der Waals surface area contributed by atoms with E-state index in [0.717, 1.165) is 19.3 Å². The number of carbonyl (C=O) groups is 1. The first kappa shape index (κ1) is 17.5. The first-order valence-corrected chi connectivity index (χ1v) is 8.27. The lowest BCUT2D eigenvalue weighted by Crippen LogP contribution is -2.43. The zero-order valence-corrected chi connectivity index (χ0v) is 13.9. The van der Waals surface area contributed by atoms with Crippen molar-refractivity contribution >= 4 is 22.9 Å². The highest BCUT2D eigenvalue weighted by atomic mass is 16.6. The van der Waals surface area contributed by atoms with E-state index in [-0.39, 0.29) is 5.82 Å². The average Bonchev–Trinajstić information content (AvgIpc) is 3.15. The van der Waals surface area contributed by atoms with Crippen molar-refractivity contribution in [2.45, 2.75) is 50.7 Å². The number of anilines is 1. The average molecular weight is 350 g/mol. The Morgan fingerprint density at radius 3 is 2.88 bits per heavy atom. The Morgan fingerprint density at radius 2 is 2.12 bits per heavy atom. The normalized spacial score (nSPS) is 26.2. The van der Waals surface area contributed by atoms with Crippen LogP contribution in [0.2, 0.25) is 0 Å². The molecule has 10 heteroatoms. The monoisotopic (exact) mass is 350 g/mol. The number of nitrogens with zero attached hydrogens (tertiary/aromatic N) is 4. The quantitative estimate of drug-likeness (QED) is 0.501. The standard InChI is InChI=1S/C15H22N6O4/c1-2-3-4-5-17-14(24)11-9(22)10(23)15(25-11)21-7-20-8-12(16)18-6-19-13(8)21/h6-7,9-11,15,22-23H,2-5H2,1H3,(H,17,24)(H2,16,18,19)/t9-,10+,11-,15+/m0/s1. The summed E-state index contributed by atoms with van der Waals surface area (Å²) in [4.78, 5) is 24.3. The van der Waals surface area contributed by atoms with Crippen LogP contribution in [0, 0.1) is 0 Å². The minimum atomic E-state index is -1.35. The van der Waals surface area contributed by atoms with Crippen molar-refractivity contribution in [3.8, 4) is 0 Å². The molecule has 0 aromatic carbocycles. The molecule has 136 valence electrons. The predicted molar refractivity (Wildman–Crippen MR) is 88.2 cm³/mol. The second-order valence-electron chi connectivity index (χ2n) is 6.01. The molecule has 1 aliphatic heterocycles. The fourth-order valence-corrected chi connectivity index (χ4v) is 2.85. The van der Waals surface area contributed by atoms with Crippen molar-refractivity contribution in [3.05, 3.63) is 12.7 Å². The molecule has 1 amide bonds. The summed E-state index contributed by atoms with van der Waals surface area (Å²) in [6, 6.07) is 0. The first-order valence-electron chi connectivity index (χ1n) is 8.27. The van der Waals surface area contributed by atoms with Gasteiger partial charge in [-0.2, -0.15) is 0 Å². The summed E-state index contributed by atoms with van der Waals surface area (Å²) < 4.78 is 7.04. The van der Waals surface area contributed by atoms with Gasteiger partial charge < -0.3 is 26.0 Å². The van der Waals surface area contributed by atoms with Gasteiger partial charge in [0.05, 0.1) is 6.33 Å². The third kappa shape index (κ3) is 3.28. The van der Waals surface area contributed by atoms with E-state index < -0.39 is 30.4 Å². The predicted octanol–water partition coefficient (Wildman–Crippen LogP) is -0.666. The van der Waals surface area contributed by atoms with Crippen LogP contribution in [0.25, 0.3) is 11.2 Å². The van der Waals surface area contributed by atoms with Crippen molar-refractivity contribution in [2.24, 2.45) is 0 Å². The van der Waals surface area contributed by atoms with Crippen molar-refractivity contribution in [2.75, 3.05) is 12.3 Å². The largest absolute Gasteiger partial charge is 0.387 e. The van der Waals surface area contributed by atoms with Gasteiger partial charge in [0.25, 0.3) is 5.91 Å². The van der Waals surface area contributed by atoms with Crippen LogP contribution in [0.15, 0.2) is 12.7 Å². The molecule has 0 unspecified atom stereocenters. The Hall–Kier alpha value is -2.30. The highest BCUT2D eigenvalue weighted by Gasteiger charge is 2.47. The Labute approximate surface area is 144 Å². The molecule has 0 bridgehead atoms. The van der Waals surface area contributed by atoms with Gasteiger partial charge in [-0.15, -0.1) is 0 Å². The van der Waals surface area contributed by atoms with Gasteiger partial charge in [-0.1, -0.05) is 19.8 Å². The Kier molecular flexibility index (Phi) is 5.11. The van der Waals surface area contributed by atoms with Gasteiger partial charge >= 0.3 is 0 Å². The van der Waals surface area contributed by atoms with Crippen LogP contribution in [0.1, 0.15) is 32.4 Å². The lowest BCUT2D eigenvalue weighted by atomic mass is 10.1. The van der Waals surface area contributed by atoms with E-state index in [0.29, 0.717) is 17.7 Å². The Morgan fingerprint density at radius 1 is 1.32 bits per heavy atom. The molecule has 1 aliphatic rings. The van der Waals surface area contributed by atoms with Crippen LogP contribution in [-0.4, -0.2) is 60.5 Å². The second kappa shape index (κ2) is 7.30. The number of rotatable bonds is 6. The van der Waals surface area contributed by atoms with Gasteiger partial charge in [0.1, 0.15) is 24.1 Å². The van der Waals surface area contributed by atoms with E-state index in [1.807, 2.05) is 0 Å². The van der Waals surface area contributed by atoms with Gasteiger partial charge in [-0.25, -0.2) is 15.0 Å². The van der Waals surface area contributed by atoms with E-state index in [4.69, 9.17) is 10.5 Å². The van der Waals surface area contributed by atoms with Crippen LogP contribution in [0.5, 0.6) is 0 Å². The molecule has 2 aromatic heterocycles. The lowest BCUT2D eigenvalue weighted by Gasteiger charge is -2.16. The number of fused-ring (bicyclic) bond motifs is 1. The van der Waals surface area contributed by atoms with Gasteiger partial charge in [0, 0.05) is 6.54 Å². The number of imidazole rings is 1. The molecule has 0 radical (unpaired) electrons. The fraction of sp³-hybridized carbons (Fsp3) is 0.600. The van der Waals surface area contributed by atoms with Crippen LogP contribution in [0.4, 0.5) is 5.82 Å².